The number of hydrogen-bond acceptors (Lipinski definition) is 6. The van der Waals surface area contributed by atoms with E-state index in [-0.39, 0.29) is 46.3 Å². The Labute approximate surface area is 257 Å². The fraction of sp³-hybridized carbons (Fsp3) is 0.226. The zero-order chi connectivity index (χ0) is 31.4. The molecule has 0 spiro atoms. The number of hydrogen-bond donors (Lipinski definition) is 3. The van der Waals surface area contributed by atoms with E-state index in [0.29, 0.717) is 22.2 Å². The zero-order valence-corrected chi connectivity index (χ0v) is 25.2. The fourth-order valence-corrected chi connectivity index (χ4v) is 6.92. The Morgan fingerprint density at radius 3 is 2.36 bits per heavy atom. The van der Waals surface area contributed by atoms with Crippen LogP contribution in [0.25, 0.3) is 33.3 Å². The van der Waals surface area contributed by atoms with Gasteiger partial charge < -0.3 is 11.1 Å². The molecule has 228 valence electrons. The first kappa shape index (κ1) is 29.8. The molecule has 4 N–H and O–H groups in total. The Kier molecular flexibility index (Phi) is 7.45. The topological polar surface area (TPSA) is 115 Å². The van der Waals surface area contributed by atoms with Crippen LogP contribution in [0.4, 0.5) is 30.4 Å². The van der Waals surface area contributed by atoms with Gasteiger partial charge in [0, 0.05) is 47.9 Å². The standard InChI is InChI=1S/C31H28ClF3N6O2S/c1-17(2)41-29-22(18-7-10-20(11-8-18)38-21-14-31(34,35)15-21)16-37-30(36)27(29)28(39-41)19-9-12-25(24(33)13-19)40-44(42,43)26-6-4-3-5-23(26)32/h3-13,16-17,21,38,40H,14-15H2,1-2H3,(H2,36,37). The maximum Gasteiger partial charge on any atom is 0.263 e. The van der Waals surface area contributed by atoms with Crippen molar-refractivity contribution in [3.63, 3.8) is 0 Å². The summed E-state index contributed by atoms with van der Waals surface area (Å²) in [6.07, 6.45) is 1.26. The summed E-state index contributed by atoms with van der Waals surface area (Å²) in [5, 5.41) is 8.44. The smallest absolute Gasteiger partial charge is 0.263 e. The van der Waals surface area contributed by atoms with Gasteiger partial charge in [-0.3, -0.25) is 9.40 Å². The first-order valence-corrected chi connectivity index (χ1v) is 15.7. The highest BCUT2D eigenvalue weighted by Gasteiger charge is 2.45. The normalized spacial score (nSPS) is 15.0. The molecular formula is C31H28ClF3N6O2S. The number of anilines is 3. The summed E-state index contributed by atoms with van der Waals surface area (Å²) < 4.78 is 71.7. The molecule has 0 radical (unpaired) electrons. The molecule has 2 aromatic heterocycles. The van der Waals surface area contributed by atoms with Crippen LogP contribution in [-0.4, -0.2) is 35.1 Å². The average Bonchev–Trinajstić information content (AvgIpc) is 3.36. The Balaban J connectivity index is 1.36. The molecule has 1 aliphatic carbocycles. The van der Waals surface area contributed by atoms with Crippen LogP contribution >= 0.6 is 11.6 Å². The highest BCUT2D eigenvalue weighted by molar-refractivity contribution is 7.92. The lowest BCUT2D eigenvalue weighted by Gasteiger charge is -2.36. The van der Waals surface area contributed by atoms with Gasteiger partial charge >= 0.3 is 0 Å². The molecule has 0 saturated heterocycles. The molecule has 0 atom stereocenters. The molecule has 0 unspecified atom stereocenters. The van der Waals surface area contributed by atoms with Crippen LogP contribution < -0.4 is 15.8 Å². The lowest BCUT2D eigenvalue weighted by atomic mass is 9.88. The largest absolute Gasteiger partial charge is 0.383 e. The van der Waals surface area contributed by atoms with E-state index in [1.54, 1.807) is 23.0 Å². The van der Waals surface area contributed by atoms with E-state index in [9.17, 15) is 17.2 Å². The van der Waals surface area contributed by atoms with Crippen LogP contribution in [0.3, 0.4) is 0 Å². The van der Waals surface area contributed by atoms with Crippen molar-refractivity contribution in [3.05, 3.63) is 83.8 Å². The van der Waals surface area contributed by atoms with Gasteiger partial charge in [0.1, 0.15) is 22.2 Å². The van der Waals surface area contributed by atoms with Crippen molar-refractivity contribution in [1.29, 1.82) is 0 Å². The van der Waals surface area contributed by atoms with Crippen molar-refractivity contribution in [2.45, 2.75) is 49.6 Å². The number of rotatable bonds is 8. The summed E-state index contributed by atoms with van der Waals surface area (Å²) in [4.78, 5) is 4.24. The molecule has 44 heavy (non-hydrogen) atoms. The minimum atomic E-state index is -4.15. The van der Waals surface area contributed by atoms with Crippen molar-refractivity contribution in [3.8, 4) is 22.4 Å². The molecule has 3 aromatic carbocycles. The number of halogens is 4. The Bertz CT molecular complexity index is 1990. The molecule has 0 amide bonds. The number of alkyl halides is 2. The summed E-state index contributed by atoms with van der Waals surface area (Å²) in [7, 11) is -4.15. The molecule has 6 rings (SSSR count). The number of nitrogens with zero attached hydrogens (tertiary/aromatic N) is 3. The van der Waals surface area contributed by atoms with Crippen molar-refractivity contribution in [1.82, 2.24) is 14.8 Å². The Morgan fingerprint density at radius 1 is 1.05 bits per heavy atom. The van der Waals surface area contributed by atoms with E-state index in [0.717, 1.165) is 16.8 Å². The number of sulfonamides is 1. The minimum absolute atomic E-state index is 0.00965. The van der Waals surface area contributed by atoms with Crippen LogP contribution in [0, 0.1) is 5.82 Å². The van der Waals surface area contributed by atoms with Gasteiger partial charge in [-0.25, -0.2) is 26.6 Å². The molecule has 13 heteroatoms. The third-order valence-electron chi connectivity index (χ3n) is 7.51. The first-order valence-electron chi connectivity index (χ1n) is 13.8. The number of benzene rings is 3. The van der Waals surface area contributed by atoms with E-state index in [4.69, 9.17) is 22.4 Å². The maximum atomic E-state index is 15.4. The minimum Gasteiger partial charge on any atom is -0.383 e. The van der Waals surface area contributed by atoms with E-state index in [1.165, 1.54) is 30.3 Å². The molecule has 1 fully saturated rings. The van der Waals surface area contributed by atoms with E-state index in [1.807, 2.05) is 38.1 Å². The number of aromatic nitrogens is 3. The van der Waals surface area contributed by atoms with Gasteiger partial charge in [-0.2, -0.15) is 5.10 Å². The fourth-order valence-electron chi connectivity index (χ4n) is 5.33. The number of nitrogens with two attached hydrogens (primary N) is 1. The highest BCUT2D eigenvalue weighted by atomic mass is 35.5. The molecule has 1 aliphatic rings. The molecule has 5 aromatic rings. The van der Waals surface area contributed by atoms with E-state index < -0.39 is 21.8 Å². The summed E-state index contributed by atoms with van der Waals surface area (Å²) in [6.45, 7) is 3.90. The summed E-state index contributed by atoms with van der Waals surface area (Å²) in [6, 6.07) is 16.9. The van der Waals surface area contributed by atoms with Crippen molar-refractivity contribution < 1.29 is 21.6 Å². The lowest BCUT2D eigenvalue weighted by molar-refractivity contribution is -0.0793. The van der Waals surface area contributed by atoms with E-state index in [2.05, 4.69) is 15.0 Å². The van der Waals surface area contributed by atoms with Gasteiger partial charge in [0.05, 0.1) is 21.6 Å². The van der Waals surface area contributed by atoms with Crippen LogP contribution in [0.1, 0.15) is 32.7 Å². The quantitative estimate of drug-likeness (QED) is 0.160. The number of nitrogens with one attached hydrogen (secondary N) is 2. The zero-order valence-electron chi connectivity index (χ0n) is 23.7. The molecule has 1 saturated carbocycles. The Hall–Kier alpha value is -4.29. The molecular weight excluding hydrogens is 613 g/mol. The van der Waals surface area contributed by atoms with Crippen LogP contribution in [0.5, 0.6) is 0 Å². The third kappa shape index (κ3) is 5.55. The first-order chi connectivity index (χ1) is 20.8. The highest BCUT2D eigenvalue weighted by Crippen LogP contribution is 2.41. The third-order valence-corrected chi connectivity index (χ3v) is 9.38. The molecule has 8 nitrogen and oxygen atoms in total. The van der Waals surface area contributed by atoms with Crippen molar-refractivity contribution in [2.75, 3.05) is 15.8 Å². The number of pyridine rings is 1. The van der Waals surface area contributed by atoms with Crippen molar-refractivity contribution >= 4 is 49.7 Å². The lowest BCUT2D eigenvalue weighted by Crippen LogP contribution is -2.44. The molecule has 0 aliphatic heterocycles. The summed E-state index contributed by atoms with van der Waals surface area (Å²) in [5.41, 5.74) is 9.81. The Morgan fingerprint density at radius 2 is 1.73 bits per heavy atom. The van der Waals surface area contributed by atoms with E-state index >= 15 is 4.39 Å². The number of nitrogen functional groups attached to an aromatic ring is 1. The van der Waals surface area contributed by atoms with Crippen LogP contribution in [-0.2, 0) is 10.0 Å². The van der Waals surface area contributed by atoms with Gasteiger partial charge in [-0.15, -0.1) is 0 Å². The summed E-state index contributed by atoms with van der Waals surface area (Å²) >= 11 is 6.05. The second-order valence-corrected chi connectivity index (χ2v) is 13.1. The second kappa shape index (κ2) is 11.0. The molecule has 2 heterocycles. The predicted molar refractivity (Wildman–Crippen MR) is 167 cm³/mol. The van der Waals surface area contributed by atoms with Crippen molar-refractivity contribution in [2.24, 2.45) is 0 Å². The monoisotopic (exact) mass is 640 g/mol. The SMILES string of the molecule is CC(C)n1nc(-c2ccc(NS(=O)(=O)c3ccccc3Cl)c(F)c2)c2c(N)ncc(-c3ccc(NC4CC(F)(F)C4)cc3)c21. The van der Waals surface area contributed by atoms with Gasteiger partial charge in [0.25, 0.3) is 15.9 Å². The van der Waals surface area contributed by atoms with Gasteiger partial charge in [0.15, 0.2) is 0 Å². The average molecular weight is 641 g/mol. The van der Waals surface area contributed by atoms with Crippen LogP contribution in [0.15, 0.2) is 77.8 Å². The van der Waals surface area contributed by atoms with Gasteiger partial charge in [-0.05, 0) is 55.8 Å². The van der Waals surface area contributed by atoms with Gasteiger partial charge in [0.2, 0.25) is 0 Å². The second-order valence-electron chi connectivity index (χ2n) is 11.1. The van der Waals surface area contributed by atoms with Gasteiger partial charge in [-0.1, -0.05) is 41.9 Å². The maximum absolute atomic E-state index is 15.4. The summed E-state index contributed by atoms with van der Waals surface area (Å²) in [5.74, 6) is -3.24. The predicted octanol–water partition coefficient (Wildman–Crippen LogP) is 7.73. The van der Waals surface area contributed by atoms with Crippen LogP contribution in [0.2, 0.25) is 5.02 Å². The number of fused-ring (bicyclic) bond motifs is 1. The molecule has 0 bridgehead atoms.